The van der Waals surface area contributed by atoms with Gasteiger partial charge in [0.2, 0.25) is 0 Å². The van der Waals surface area contributed by atoms with Crippen molar-refractivity contribution in [3.05, 3.63) is 0 Å². The fourth-order valence-electron chi connectivity index (χ4n) is 1.71. The minimum Gasteiger partial charge on any atom is -0.314 e. The highest BCUT2D eigenvalue weighted by Crippen LogP contribution is 2.16. The Morgan fingerprint density at radius 2 is 1.50 bits per heavy atom. The third-order valence-corrected chi connectivity index (χ3v) is 2.76. The molecule has 0 aromatic rings. The van der Waals surface area contributed by atoms with Crippen LogP contribution < -0.4 is 5.32 Å². The summed E-state index contributed by atoms with van der Waals surface area (Å²) >= 11 is 0. The van der Waals surface area contributed by atoms with Gasteiger partial charge < -0.3 is 5.32 Å². The van der Waals surface area contributed by atoms with Crippen LogP contribution in [0.4, 0.5) is 0 Å². The molecule has 0 aromatic carbocycles. The summed E-state index contributed by atoms with van der Waals surface area (Å²) in [6, 6.07) is 0.750. The van der Waals surface area contributed by atoms with E-state index in [0.717, 1.165) is 18.5 Å². The molecule has 0 fully saturated rings. The standard InChI is InChI=1S/C11H25N/c1-5-10(6-2)9-11(7-3)12-8-4/h10-12H,5-9H2,1-4H3. The molecule has 1 atom stereocenters. The maximum absolute atomic E-state index is 3.53. The van der Waals surface area contributed by atoms with Gasteiger partial charge in [-0.25, -0.2) is 0 Å². The second-order valence-electron chi connectivity index (χ2n) is 3.58. The van der Waals surface area contributed by atoms with Crippen LogP contribution in [0.25, 0.3) is 0 Å². The summed E-state index contributed by atoms with van der Waals surface area (Å²) in [5.74, 6) is 0.925. The molecule has 0 spiro atoms. The van der Waals surface area contributed by atoms with Gasteiger partial charge in [0.1, 0.15) is 0 Å². The first-order valence-corrected chi connectivity index (χ1v) is 5.51. The van der Waals surface area contributed by atoms with Gasteiger partial charge in [-0.3, -0.25) is 0 Å². The van der Waals surface area contributed by atoms with Crippen molar-refractivity contribution in [1.29, 1.82) is 0 Å². The predicted molar refractivity (Wildman–Crippen MR) is 56.4 cm³/mol. The quantitative estimate of drug-likeness (QED) is 0.620. The van der Waals surface area contributed by atoms with Crippen LogP contribution in [0.1, 0.15) is 53.4 Å². The smallest absolute Gasteiger partial charge is 0.00669 e. The summed E-state index contributed by atoms with van der Waals surface area (Å²) in [6.45, 7) is 10.2. The first-order chi connectivity index (χ1) is 5.78. The van der Waals surface area contributed by atoms with E-state index in [4.69, 9.17) is 0 Å². The van der Waals surface area contributed by atoms with Crippen LogP contribution in [0.5, 0.6) is 0 Å². The monoisotopic (exact) mass is 171 g/mol. The lowest BCUT2D eigenvalue weighted by molar-refractivity contribution is 0.363. The molecular formula is C11H25N. The largest absolute Gasteiger partial charge is 0.314 e. The molecule has 12 heavy (non-hydrogen) atoms. The van der Waals surface area contributed by atoms with Gasteiger partial charge in [-0.15, -0.1) is 0 Å². The molecular weight excluding hydrogens is 146 g/mol. The molecule has 0 bridgehead atoms. The lowest BCUT2D eigenvalue weighted by Gasteiger charge is -2.21. The molecule has 0 heterocycles. The van der Waals surface area contributed by atoms with E-state index >= 15 is 0 Å². The summed E-state index contributed by atoms with van der Waals surface area (Å²) < 4.78 is 0. The molecule has 0 radical (unpaired) electrons. The first-order valence-electron chi connectivity index (χ1n) is 5.51. The number of rotatable bonds is 7. The summed E-state index contributed by atoms with van der Waals surface area (Å²) in [5, 5.41) is 3.53. The van der Waals surface area contributed by atoms with Gasteiger partial charge in [0.05, 0.1) is 0 Å². The van der Waals surface area contributed by atoms with Gasteiger partial charge in [-0.2, -0.15) is 0 Å². The Balaban J connectivity index is 3.65. The Labute approximate surface area is 77.9 Å². The normalized spacial score (nSPS) is 13.8. The molecule has 0 amide bonds. The molecule has 0 saturated heterocycles. The summed E-state index contributed by atoms with van der Waals surface area (Å²) in [7, 11) is 0. The molecule has 0 aliphatic heterocycles. The van der Waals surface area contributed by atoms with Crippen LogP contribution >= 0.6 is 0 Å². The van der Waals surface area contributed by atoms with Gasteiger partial charge >= 0.3 is 0 Å². The van der Waals surface area contributed by atoms with E-state index in [-0.39, 0.29) is 0 Å². The van der Waals surface area contributed by atoms with Gasteiger partial charge in [-0.05, 0) is 25.3 Å². The Morgan fingerprint density at radius 1 is 0.917 bits per heavy atom. The zero-order chi connectivity index (χ0) is 9.40. The average molecular weight is 171 g/mol. The number of nitrogens with one attached hydrogen (secondary N) is 1. The van der Waals surface area contributed by atoms with Crippen molar-refractivity contribution in [2.24, 2.45) is 5.92 Å². The van der Waals surface area contributed by atoms with Crippen LogP contribution in [0, 0.1) is 5.92 Å². The van der Waals surface area contributed by atoms with Crippen LogP contribution in [0.2, 0.25) is 0 Å². The Morgan fingerprint density at radius 3 is 1.83 bits per heavy atom. The Kier molecular flexibility index (Phi) is 7.58. The second-order valence-corrected chi connectivity index (χ2v) is 3.58. The number of hydrogen-bond acceptors (Lipinski definition) is 1. The maximum atomic E-state index is 3.53. The number of hydrogen-bond donors (Lipinski definition) is 1. The Bertz CT molecular complexity index is 87.0. The van der Waals surface area contributed by atoms with E-state index in [1.807, 2.05) is 0 Å². The van der Waals surface area contributed by atoms with Gasteiger partial charge in [0.15, 0.2) is 0 Å². The molecule has 1 heteroatoms. The minimum atomic E-state index is 0.750. The maximum Gasteiger partial charge on any atom is 0.00669 e. The molecule has 0 rings (SSSR count). The third-order valence-electron chi connectivity index (χ3n) is 2.76. The highest BCUT2D eigenvalue weighted by atomic mass is 14.9. The van der Waals surface area contributed by atoms with Crippen LogP contribution in [-0.4, -0.2) is 12.6 Å². The van der Waals surface area contributed by atoms with Gasteiger partial charge in [0, 0.05) is 6.04 Å². The van der Waals surface area contributed by atoms with Crippen LogP contribution in [0.15, 0.2) is 0 Å². The predicted octanol–water partition coefficient (Wildman–Crippen LogP) is 3.20. The van der Waals surface area contributed by atoms with E-state index < -0.39 is 0 Å². The lowest BCUT2D eigenvalue weighted by Crippen LogP contribution is -2.30. The molecule has 1 N–H and O–H groups in total. The van der Waals surface area contributed by atoms with Crippen molar-refractivity contribution in [3.63, 3.8) is 0 Å². The van der Waals surface area contributed by atoms with Gasteiger partial charge in [-0.1, -0.05) is 40.5 Å². The topological polar surface area (TPSA) is 12.0 Å². The van der Waals surface area contributed by atoms with Crippen LogP contribution in [0.3, 0.4) is 0 Å². The van der Waals surface area contributed by atoms with Crippen molar-refractivity contribution >= 4 is 0 Å². The van der Waals surface area contributed by atoms with Gasteiger partial charge in [0.25, 0.3) is 0 Å². The van der Waals surface area contributed by atoms with E-state index in [9.17, 15) is 0 Å². The zero-order valence-electron chi connectivity index (χ0n) is 9.19. The molecule has 0 aliphatic rings. The summed E-state index contributed by atoms with van der Waals surface area (Å²) in [5.41, 5.74) is 0. The molecule has 0 aliphatic carbocycles. The SMILES string of the molecule is CCNC(CC)CC(CC)CC. The summed E-state index contributed by atoms with van der Waals surface area (Å²) in [6.07, 6.45) is 5.29. The highest BCUT2D eigenvalue weighted by molar-refractivity contribution is 4.68. The van der Waals surface area contributed by atoms with Crippen molar-refractivity contribution in [3.8, 4) is 0 Å². The second kappa shape index (κ2) is 7.60. The van der Waals surface area contributed by atoms with E-state index in [2.05, 4.69) is 33.0 Å². The molecule has 1 nitrogen and oxygen atoms in total. The van der Waals surface area contributed by atoms with E-state index in [1.165, 1.54) is 25.7 Å². The van der Waals surface area contributed by atoms with Crippen molar-refractivity contribution in [1.82, 2.24) is 5.32 Å². The van der Waals surface area contributed by atoms with E-state index in [0.29, 0.717) is 0 Å². The minimum absolute atomic E-state index is 0.750. The van der Waals surface area contributed by atoms with Crippen molar-refractivity contribution in [2.75, 3.05) is 6.54 Å². The fourth-order valence-corrected chi connectivity index (χ4v) is 1.71. The van der Waals surface area contributed by atoms with Crippen LogP contribution in [-0.2, 0) is 0 Å². The lowest BCUT2D eigenvalue weighted by atomic mass is 9.94. The average Bonchev–Trinajstić information content (AvgIpc) is 2.12. The molecule has 74 valence electrons. The van der Waals surface area contributed by atoms with Crippen molar-refractivity contribution in [2.45, 2.75) is 59.4 Å². The molecule has 0 aromatic heterocycles. The fraction of sp³-hybridized carbons (Fsp3) is 1.00. The zero-order valence-corrected chi connectivity index (χ0v) is 9.19. The van der Waals surface area contributed by atoms with E-state index in [1.54, 1.807) is 0 Å². The summed E-state index contributed by atoms with van der Waals surface area (Å²) in [4.78, 5) is 0. The van der Waals surface area contributed by atoms with Crippen molar-refractivity contribution < 1.29 is 0 Å². The Hall–Kier alpha value is -0.0400. The first kappa shape index (κ1) is 12.0. The highest BCUT2D eigenvalue weighted by Gasteiger charge is 2.10. The molecule has 0 saturated carbocycles. The molecule has 1 unspecified atom stereocenters. The third kappa shape index (κ3) is 4.76.